The van der Waals surface area contributed by atoms with E-state index < -0.39 is 0 Å². The number of aromatic nitrogens is 3. The molecule has 10 rings (SSSR count). The number of benzene rings is 6. The number of hydrogen-bond acceptors (Lipinski definition) is 3. The highest BCUT2D eigenvalue weighted by Crippen LogP contribution is 2.50. The van der Waals surface area contributed by atoms with E-state index in [1.54, 1.807) is 0 Å². The van der Waals surface area contributed by atoms with Gasteiger partial charge in [-0.3, -0.25) is 0 Å². The van der Waals surface area contributed by atoms with Crippen molar-refractivity contribution in [2.45, 2.75) is 19.3 Å². The first-order chi connectivity index (χ1) is 23.1. The van der Waals surface area contributed by atoms with Crippen molar-refractivity contribution in [1.29, 1.82) is 0 Å². The zero-order valence-electron chi connectivity index (χ0n) is 26.0. The van der Waals surface area contributed by atoms with Crippen LogP contribution in [0, 0.1) is 0 Å². The van der Waals surface area contributed by atoms with Crippen LogP contribution in [0.15, 0.2) is 144 Å². The summed E-state index contributed by atoms with van der Waals surface area (Å²) in [7, 11) is 0. The molecule has 0 aliphatic carbocycles. The first-order valence-electron chi connectivity index (χ1n) is 16.1. The van der Waals surface area contributed by atoms with E-state index >= 15 is 0 Å². The highest BCUT2D eigenvalue weighted by atomic mass is 16.3. The van der Waals surface area contributed by atoms with E-state index in [2.05, 4.69) is 134 Å². The molecule has 4 heterocycles. The number of nitrogens with zero attached hydrogens (tertiary/aromatic N) is 3. The van der Waals surface area contributed by atoms with E-state index in [0.717, 1.165) is 66.6 Å². The van der Waals surface area contributed by atoms with Crippen molar-refractivity contribution in [3.63, 3.8) is 0 Å². The van der Waals surface area contributed by atoms with Gasteiger partial charge >= 0.3 is 0 Å². The summed E-state index contributed by atoms with van der Waals surface area (Å²) in [5, 5.41) is 3.35. The lowest BCUT2D eigenvalue weighted by molar-refractivity contribution is 0.630. The second-order valence-electron chi connectivity index (χ2n) is 13.0. The van der Waals surface area contributed by atoms with E-state index in [1.165, 1.54) is 27.9 Å². The minimum atomic E-state index is -0.212. The van der Waals surface area contributed by atoms with Crippen LogP contribution in [0.25, 0.3) is 83.3 Å². The Bertz CT molecular complexity index is 2710. The second kappa shape index (κ2) is 9.51. The second-order valence-corrected chi connectivity index (χ2v) is 13.0. The Hall–Kier alpha value is -6.00. The third-order valence-electron chi connectivity index (χ3n) is 9.99. The molecule has 6 aromatic carbocycles. The van der Waals surface area contributed by atoms with E-state index in [4.69, 9.17) is 14.4 Å². The van der Waals surface area contributed by atoms with Crippen LogP contribution in [0.1, 0.15) is 25.0 Å². The van der Waals surface area contributed by atoms with Crippen LogP contribution in [-0.4, -0.2) is 14.5 Å². The SMILES string of the molecule is CC1(C)c2cc(-c3cccc(-c4nc(-c5ccccc5)c5ccccc5n4)c3)ccc2-n2c3c1cccc3c1oc3ccccc3c12. The normalized spacial score (nSPS) is 13.5. The third-order valence-corrected chi connectivity index (χ3v) is 9.99. The molecule has 1 aliphatic rings. The molecule has 0 saturated carbocycles. The van der Waals surface area contributed by atoms with Gasteiger partial charge < -0.3 is 8.98 Å². The molecule has 3 aromatic heterocycles. The quantitative estimate of drug-likeness (QED) is 0.202. The topological polar surface area (TPSA) is 43.9 Å². The van der Waals surface area contributed by atoms with Gasteiger partial charge in [0.25, 0.3) is 0 Å². The van der Waals surface area contributed by atoms with Crippen molar-refractivity contribution in [1.82, 2.24) is 14.5 Å². The molecular weight excluding hydrogens is 574 g/mol. The maximum atomic E-state index is 6.49. The standard InChI is InChI=1S/C43H29N3O/c1-43(2)33-19-11-18-32-39(33)46(40-31-17-7-9-21-37(31)47-41(32)40)36-23-22-28(25-34(36)43)27-14-10-15-29(24-27)42-44-35-20-8-6-16-30(35)38(45-42)26-12-4-3-5-13-26/h3-25H,1-2H3. The zero-order valence-corrected chi connectivity index (χ0v) is 26.0. The van der Waals surface area contributed by atoms with Gasteiger partial charge in [0.15, 0.2) is 11.4 Å². The summed E-state index contributed by atoms with van der Waals surface area (Å²) < 4.78 is 8.92. The minimum absolute atomic E-state index is 0.212. The molecule has 0 fully saturated rings. The average Bonchev–Trinajstić information content (AvgIpc) is 3.66. The van der Waals surface area contributed by atoms with Crippen LogP contribution in [0.5, 0.6) is 0 Å². The molecule has 0 atom stereocenters. The van der Waals surface area contributed by atoms with Gasteiger partial charge in [-0.05, 0) is 64.7 Å². The van der Waals surface area contributed by atoms with Gasteiger partial charge in [0, 0.05) is 32.7 Å². The minimum Gasteiger partial charge on any atom is -0.454 e. The number of furan rings is 1. The van der Waals surface area contributed by atoms with Crippen molar-refractivity contribution >= 4 is 43.9 Å². The molecule has 4 heteroatoms. The van der Waals surface area contributed by atoms with Crippen molar-refractivity contribution in [2.75, 3.05) is 0 Å². The van der Waals surface area contributed by atoms with Gasteiger partial charge in [-0.15, -0.1) is 0 Å². The van der Waals surface area contributed by atoms with Crippen LogP contribution in [-0.2, 0) is 5.41 Å². The molecule has 9 aromatic rings. The third kappa shape index (κ3) is 3.70. The molecule has 222 valence electrons. The highest BCUT2D eigenvalue weighted by Gasteiger charge is 2.36. The molecule has 4 nitrogen and oxygen atoms in total. The van der Waals surface area contributed by atoms with E-state index in [0.29, 0.717) is 0 Å². The van der Waals surface area contributed by atoms with E-state index in [9.17, 15) is 0 Å². The Morgan fingerprint density at radius 3 is 2.13 bits per heavy atom. The Kier molecular flexibility index (Phi) is 5.31. The number of hydrogen-bond donors (Lipinski definition) is 0. The largest absolute Gasteiger partial charge is 0.454 e. The summed E-state index contributed by atoms with van der Waals surface area (Å²) in [5.74, 6) is 0.723. The van der Waals surface area contributed by atoms with Gasteiger partial charge in [-0.25, -0.2) is 9.97 Å². The smallest absolute Gasteiger partial charge is 0.161 e. The Morgan fingerprint density at radius 1 is 0.532 bits per heavy atom. The first kappa shape index (κ1) is 26.2. The van der Waals surface area contributed by atoms with Gasteiger partial charge in [0.1, 0.15) is 11.1 Å². The molecule has 0 bridgehead atoms. The zero-order chi connectivity index (χ0) is 31.3. The summed E-state index contributed by atoms with van der Waals surface area (Å²) in [4.78, 5) is 10.2. The number of fused-ring (bicyclic) bond motifs is 8. The van der Waals surface area contributed by atoms with Gasteiger partial charge in [0.05, 0.1) is 22.4 Å². The highest BCUT2D eigenvalue weighted by molar-refractivity contribution is 6.17. The monoisotopic (exact) mass is 603 g/mol. The van der Waals surface area contributed by atoms with Crippen molar-refractivity contribution in [2.24, 2.45) is 0 Å². The summed E-state index contributed by atoms with van der Waals surface area (Å²) in [5.41, 5.74) is 14.1. The predicted molar refractivity (Wildman–Crippen MR) is 192 cm³/mol. The summed E-state index contributed by atoms with van der Waals surface area (Å²) in [6.45, 7) is 4.68. The molecule has 0 radical (unpaired) electrons. The molecule has 0 saturated heterocycles. The van der Waals surface area contributed by atoms with Gasteiger partial charge in [0.2, 0.25) is 0 Å². The van der Waals surface area contributed by atoms with Crippen LogP contribution in [0.4, 0.5) is 0 Å². The maximum Gasteiger partial charge on any atom is 0.161 e. The summed E-state index contributed by atoms with van der Waals surface area (Å²) >= 11 is 0. The fourth-order valence-electron chi connectivity index (χ4n) is 7.68. The summed E-state index contributed by atoms with van der Waals surface area (Å²) in [6.07, 6.45) is 0. The Balaban J connectivity index is 1.16. The Labute approximate surface area is 271 Å². The number of rotatable bonds is 3. The molecule has 0 N–H and O–H groups in total. The van der Waals surface area contributed by atoms with Crippen molar-refractivity contribution in [3.05, 3.63) is 151 Å². The fraction of sp³-hybridized carbons (Fsp3) is 0.0698. The number of para-hydroxylation sites is 3. The molecule has 0 unspecified atom stereocenters. The fourth-order valence-corrected chi connectivity index (χ4v) is 7.68. The van der Waals surface area contributed by atoms with Gasteiger partial charge in [-0.1, -0.05) is 111 Å². The van der Waals surface area contributed by atoms with Crippen molar-refractivity contribution in [3.8, 4) is 39.5 Å². The van der Waals surface area contributed by atoms with Crippen molar-refractivity contribution < 1.29 is 4.42 Å². The van der Waals surface area contributed by atoms with Gasteiger partial charge in [-0.2, -0.15) is 0 Å². The predicted octanol–water partition coefficient (Wildman–Crippen LogP) is 11.1. The molecular formula is C43H29N3O. The molecule has 47 heavy (non-hydrogen) atoms. The van der Waals surface area contributed by atoms with Crippen LogP contribution in [0.2, 0.25) is 0 Å². The van der Waals surface area contributed by atoms with Crippen LogP contribution < -0.4 is 0 Å². The molecule has 0 spiro atoms. The first-order valence-corrected chi connectivity index (χ1v) is 16.1. The van der Waals surface area contributed by atoms with E-state index in [1.807, 2.05) is 24.3 Å². The van der Waals surface area contributed by atoms with E-state index in [-0.39, 0.29) is 5.41 Å². The lowest BCUT2D eigenvalue weighted by atomic mass is 9.74. The lowest BCUT2D eigenvalue weighted by Crippen LogP contribution is -2.26. The molecule has 1 aliphatic heterocycles. The Morgan fingerprint density at radius 2 is 1.23 bits per heavy atom. The molecule has 0 amide bonds. The maximum absolute atomic E-state index is 6.49. The van der Waals surface area contributed by atoms with Crippen LogP contribution in [0.3, 0.4) is 0 Å². The van der Waals surface area contributed by atoms with Crippen LogP contribution >= 0.6 is 0 Å². The lowest BCUT2D eigenvalue weighted by Gasteiger charge is -2.35. The average molecular weight is 604 g/mol. The summed E-state index contributed by atoms with van der Waals surface area (Å²) in [6, 6.07) is 49.2.